The van der Waals surface area contributed by atoms with E-state index in [9.17, 15) is 18.0 Å². The number of anilines is 1. The lowest BCUT2D eigenvalue weighted by Gasteiger charge is -2.28. The normalized spacial score (nSPS) is 13.2. The molecule has 1 amide bonds. The highest BCUT2D eigenvalue weighted by Gasteiger charge is 2.38. The first kappa shape index (κ1) is 20.7. The molecule has 1 atom stereocenters. The first-order valence-corrected chi connectivity index (χ1v) is 8.49. The fourth-order valence-electron chi connectivity index (χ4n) is 2.21. The molecule has 0 aliphatic rings. The number of para-hydroxylation sites is 1. The van der Waals surface area contributed by atoms with Gasteiger partial charge in [0.2, 0.25) is 3.79 Å². The first-order chi connectivity index (χ1) is 12.0. The Kier molecular flexibility index (Phi) is 6.32. The minimum Gasteiger partial charge on any atom is -0.361 e. The Bertz CT molecular complexity index is 791. The molecule has 0 radical (unpaired) electrons. The van der Waals surface area contributed by atoms with E-state index in [-0.39, 0.29) is 11.3 Å². The number of alkyl halides is 6. The Hall–Kier alpha value is -1.63. The third kappa shape index (κ3) is 5.43. The van der Waals surface area contributed by atoms with E-state index >= 15 is 0 Å². The number of benzene rings is 2. The van der Waals surface area contributed by atoms with Gasteiger partial charge < -0.3 is 10.6 Å². The van der Waals surface area contributed by atoms with Crippen LogP contribution in [0.1, 0.15) is 21.5 Å². The molecule has 0 fully saturated rings. The summed E-state index contributed by atoms with van der Waals surface area (Å²) in [4.78, 5) is 12.4. The summed E-state index contributed by atoms with van der Waals surface area (Å²) in [6.07, 6.45) is -6.01. The van der Waals surface area contributed by atoms with Crippen molar-refractivity contribution in [1.29, 1.82) is 0 Å². The standard InChI is InChI=1S/C17H14Cl3F3N2O/c1-10-5-4-6-11(9-10)14(26)25-15(16(18,19)20)24-13-8-3-2-7-12(13)17(21,22)23/h2-9,15,24H,1H3,(H,25,26)/t15-/m1/s1. The third-order valence-electron chi connectivity index (χ3n) is 3.42. The predicted molar refractivity (Wildman–Crippen MR) is 97.8 cm³/mol. The molecular weight excluding hydrogens is 412 g/mol. The average Bonchev–Trinajstić information content (AvgIpc) is 2.52. The fourth-order valence-corrected chi connectivity index (χ4v) is 2.54. The van der Waals surface area contributed by atoms with Crippen LogP contribution in [0.5, 0.6) is 0 Å². The van der Waals surface area contributed by atoms with Crippen LogP contribution in [0.2, 0.25) is 0 Å². The molecule has 140 valence electrons. The van der Waals surface area contributed by atoms with E-state index < -0.39 is 27.6 Å². The van der Waals surface area contributed by atoms with E-state index in [1.165, 1.54) is 18.2 Å². The van der Waals surface area contributed by atoms with Gasteiger partial charge in [-0.25, -0.2) is 0 Å². The number of nitrogens with one attached hydrogen (secondary N) is 2. The maximum absolute atomic E-state index is 13.1. The molecule has 2 aromatic carbocycles. The molecule has 0 aromatic heterocycles. The maximum Gasteiger partial charge on any atom is 0.418 e. The summed E-state index contributed by atoms with van der Waals surface area (Å²) < 4.78 is 37.3. The van der Waals surface area contributed by atoms with Gasteiger partial charge in [-0.05, 0) is 31.2 Å². The zero-order chi connectivity index (χ0) is 19.5. The summed E-state index contributed by atoms with van der Waals surface area (Å²) in [7, 11) is 0. The number of carbonyl (C=O) groups is 1. The van der Waals surface area contributed by atoms with Gasteiger partial charge in [0.1, 0.15) is 6.17 Å². The van der Waals surface area contributed by atoms with Gasteiger partial charge >= 0.3 is 6.18 Å². The summed E-state index contributed by atoms with van der Waals surface area (Å²) in [5.74, 6) is -0.595. The number of hydrogen-bond acceptors (Lipinski definition) is 2. The Morgan fingerprint density at radius 3 is 2.27 bits per heavy atom. The lowest BCUT2D eigenvalue weighted by Crippen LogP contribution is -2.49. The molecule has 0 spiro atoms. The molecule has 0 aliphatic heterocycles. The van der Waals surface area contributed by atoms with Gasteiger partial charge in [0, 0.05) is 11.3 Å². The molecule has 0 unspecified atom stereocenters. The second kappa shape index (κ2) is 7.94. The van der Waals surface area contributed by atoms with Crippen molar-refractivity contribution in [3.05, 3.63) is 65.2 Å². The van der Waals surface area contributed by atoms with E-state index in [1.54, 1.807) is 31.2 Å². The number of aryl methyl sites for hydroxylation is 1. The molecule has 0 heterocycles. The van der Waals surface area contributed by atoms with Gasteiger partial charge in [0.25, 0.3) is 5.91 Å². The number of rotatable bonds is 4. The summed E-state index contributed by atoms with van der Waals surface area (Å²) in [5.41, 5.74) is -0.140. The highest BCUT2D eigenvalue weighted by Crippen LogP contribution is 2.37. The highest BCUT2D eigenvalue weighted by molar-refractivity contribution is 6.68. The van der Waals surface area contributed by atoms with Crippen LogP contribution in [0, 0.1) is 6.92 Å². The van der Waals surface area contributed by atoms with Crippen molar-refractivity contribution >= 4 is 46.4 Å². The Labute approximate surface area is 163 Å². The summed E-state index contributed by atoms with van der Waals surface area (Å²) in [6, 6.07) is 11.3. The van der Waals surface area contributed by atoms with Crippen LogP contribution in [0.25, 0.3) is 0 Å². The van der Waals surface area contributed by atoms with E-state index in [2.05, 4.69) is 10.6 Å². The summed E-state index contributed by atoms with van der Waals surface area (Å²) >= 11 is 17.6. The summed E-state index contributed by atoms with van der Waals surface area (Å²) in [6.45, 7) is 1.79. The van der Waals surface area contributed by atoms with Crippen molar-refractivity contribution < 1.29 is 18.0 Å². The molecule has 3 nitrogen and oxygen atoms in total. The van der Waals surface area contributed by atoms with Gasteiger partial charge in [0.05, 0.1) is 5.56 Å². The molecular formula is C17H14Cl3F3N2O. The highest BCUT2D eigenvalue weighted by atomic mass is 35.6. The fraction of sp³-hybridized carbons (Fsp3) is 0.235. The third-order valence-corrected chi connectivity index (χ3v) is 4.07. The van der Waals surface area contributed by atoms with E-state index in [0.717, 1.165) is 11.6 Å². The maximum atomic E-state index is 13.1. The van der Waals surface area contributed by atoms with Crippen molar-refractivity contribution in [1.82, 2.24) is 5.32 Å². The quantitative estimate of drug-likeness (QED) is 0.498. The number of hydrogen-bond donors (Lipinski definition) is 2. The van der Waals surface area contributed by atoms with Crippen LogP contribution < -0.4 is 10.6 Å². The molecule has 2 aromatic rings. The second-order valence-electron chi connectivity index (χ2n) is 5.51. The Morgan fingerprint density at radius 2 is 1.69 bits per heavy atom. The molecule has 9 heteroatoms. The topological polar surface area (TPSA) is 41.1 Å². The average molecular weight is 426 g/mol. The molecule has 2 N–H and O–H groups in total. The Morgan fingerprint density at radius 1 is 1.04 bits per heavy atom. The van der Waals surface area contributed by atoms with Crippen molar-refractivity contribution in [2.24, 2.45) is 0 Å². The van der Waals surface area contributed by atoms with Crippen molar-refractivity contribution in [3.63, 3.8) is 0 Å². The van der Waals surface area contributed by atoms with Crippen molar-refractivity contribution in [2.45, 2.75) is 23.1 Å². The molecule has 26 heavy (non-hydrogen) atoms. The van der Waals surface area contributed by atoms with Crippen LogP contribution in [0.3, 0.4) is 0 Å². The van der Waals surface area contributed by atoms with Crippen LogP contribution in [-0.4, -0.2) is 15.9 Å². The van der Waals surface area contributed by atoms with E-state index in [1.807, 2.05) is 0 Å². The zero-order valence-electron chi connectivity index (χ0n) is 13.4. The monoisotopic (exact) mass is 424 g/mol. The van der Waals surface area contributed by atoms with Gasteiger partial charge in [-0.3, -0.25) is 4.79 Å². The number of halogens is 6. The number of carbonyl (C=O) groups excluding carboxylic acids is 1. The van der Waals surface area contributed by atoms with E-state index in [0.29, 0.717) is 0 Å². The van der Waals surface area contributed by atoms with Crippen molar-refractivity contribution in [2.75, 3.05) is 5.32 Å². The molecule has 0 saturated carbocycles. The summed E-state index contributed by atoms with van der Waals surface area (Å²) in [5, 5.41) is 4.88. The van der Waals surface area contributed by atoms with Crippen molar-refractivity contribution in [3.8, 4) is 0 Å². The zero-order valence-corrected chi connectivity index (χ0v) is 15.6. The van der Waals surface area contributed by atoms with Gasteiger partial charge in [-0.1, -0.05) is 64.6 Å². The predicted octanol–water partition coefficient (Wildman–Crippen LogP) is 5.55. The Balaban J connectivity index is 2.29. The van der Waals surface area contributed by atoms with Gasteiger partial charge in [-0.2, -0.15) is 13.2 Å². The second-order valence-corrected chi connectivity index (χ2v) is 7.87. The van der Waals surface area contributed by atoms with Crippen LogP contribution >= 0.6 is 34.8 Å². The van der Waals surface area contributed by atoms with Crippen LogP contribution in [-0.2, 0) is 6.18 Å². The van der Waals surface area contributed by atoms with Gasteiger partial charge in [0.15, 0.2) is 0 Å². The van der Waals surface area contributed by atoms with Gasteiger partial charge in [-0.15, -0.1) is 0 Å². The van der Waals surface area contributed by atoms with Crippen LogP contribution in [0.15, 0.2) is 48.5 Å². The minimum absolute atomic E-state index is 0.287. The number of amides is 1. The van der Waals surface area contributed by atoms with Crippen LogP contribution in [0.4, 0.5) is 18.9 Å². The minimum atomic E-state index is -4.61. The molecule has 0 saturated heterocycles. The molecule has 0 bridgehead atoms. The first-order valence-electron chi connectivity index (χ1n) is 7.35. The largest absolute Gasteiger partial charge is 0.418 e. The van der Waals surface area contributed by atoms with E-state index in [4.69, 9.17) is 34.8 Å². The molecule has 0 aliphatic carbocycles. The lowest BCUT2D eigenvalue weighted by atomic mass is 10.1. The SMILES string of the molecule is Cc1cccc(C(=O)N[C@@H](Nc2ccccc2C(F)(F)F)C(Cl)(Cl)Cl)c1. The smallest absolute Gasteiger partial charge is 0.361 e. The lowest BCUT2D eigenvalue weighted by molar-refractivity contribution is -0.137. The molecule has 2 rings (SSSR count).